The number of H-pyrrole nitrogens is 2. The molecule has 0 amide bonds. The van der Waals surface area contributed by atoms with Gasteiger partial charge in [-0.3, -0.25) is 10.2 Å². The molecule has 2 N–H and O–H groups in total. The highest BCUT2D eigenvalue weighted by Crippen LogP contribution is 2.17. The molecule has 11 aromatic heterocycles. The Morgan fingerprint density at radius 3 is 1.45 bits per heavy atom. The summed E-state index contributed by atoms with van der Waals surface area (Å²) < 4.78 is 30.7. The van der Waals surface area contributed by atoms with Crippen LogP contribution in [0.25, 0.3) is 0 Å². The Hall–Kier alpha value is -8.20. The first-order valence-corrected chi connectivity index (χ1v) is 31.1. The number of rotatable bonds is 11. The number of tetrazole rings is 1. The van der Waals surface area contributed by atoms with E-state index in [0.29, 0.717) is 77.0 Å². The van der Waals surface area contributed by atoms with Crippen LogP contribution < -0.4 is 0 Å². The van der Waals surface area contributed by atoms with Crippen molar-refractivity contribution in [2.24, 2.45) is 0 Å². The Morgan fingerprint density at radius 1 is 0.500 bits per heavy atom. The lowest BCUT2D eigenvalue weighted by Crippen LogP contribution is -2.00. The van der Waals surface area contributed by atoms with Crippen LogP contribution >= 0.6 is 22.7 Å². The molecular formula is C61H97N19O6S2. The molecule has 11 rings (SSSR count). The third-order valence-electron chi connectivity index (χ3n) is 10.8. The summed E-state index contributed by atoms with van der Waals surface area (Å²) in [7, 11) is 0. The lowest BCUT2D eigenvalue weighted by molar-refractivity contribution is 0.364. The van der Waals surface area contributed by atoms with Crippen molar-refractivity contribution >= 4 is 22.7 Å². The van der Waals surface area contributed by atoms with Crippen LogP contribution in [0.15, 0.2) is 137 Å². The quantitative estimate of drug-likeness (QED) is 0.121. The van der Waals surface area contributed by atoms with Gasteiger partial charge in [0.2, 0.25) is 18.2 Å². The van der Waals surface area contributed by atoms with E-state index in [-0.39, 0.29) is 0 Å². The van der Waals surface area contributed by atoms with Gasteiger partial charge in [0.15, 0.2) is 18.6 Å². The normalized spacial score (nSPS) is 10.4. The molecule has 0 saturated carbocycles. The summed E-state index contributed by atoms with van der Waals surface area (Å²) in [6.45, 7) is 45.7. The van der Waals surface area contributed by atoms with Crippen LogP contribution in [0.1, 0.15) is 274 Å². The molecule has 11 heterocycles. The van der Waals surface area contributed by atoms with Crippen molar-refractivity contribution in [3.8, 4) is 0 Å². The molecule has 0 saturated heterocycles. The van der Waals surface area contributed by atoms with E-state index < -0.39 is 0 Å². The summed E-state index contributed by atoms with van der Waals surface area (Å²) in [4.78, 5) is 15.7. The van der Waals surface area contributed by atoms with Crippen LogP contribution in [0.2, 0.25) is 0 Å². The second-order valence-electron chi connectivity index (χ2n) is 22.3. The van der Waals surface area contributed by atoms with E-state index in [1.165, 1.54) is 35.4 Å². The molecule has 0 atom stereocenters. The molecule has 88 heavy (non-hydrogen) atoms. The molecule has 0 fully saturated rings. The Bertz CT molecular complexity index is 2320. The van der Waals surface area contributed by atoms with E-state index in [1.807, 2.05) is 97.6 Å². The molecule has 484 valence electrons. The van der Waals surface area contributed by atoms with Crippen molar-refractivity contribution in [1.29, 1.82) is 0 Å². The van der Waals surface area contributed by atoms with Crippen molar-refractivity contribution in [3.05, 3.63) is 167 Å². The van der Waals surface area contributed by atoms with E-state index in [2.05, 4.69) is 193 Å². The number of nitrogens with zero attached hydrogens (tertiary/aromatic N) is 17. The Kier molecular flexibility index (Phi) is 40.7. The standard InChI is InChI=1S/2C6H10N2.4C6H9NO.C6H9NS.2C5H8N2O.C5H8N2S.C4H8N4/c1-5(2)6-3-7-8-4-6;1-5(2)6-3-4-7-8-6;1-5(2)6-3-7-4-8-6;1-5(2)6-7-3-4-8-6;1-5(2)6-3-4-8-7-6;1-5(2)6-3-4-7-8-6;1-5(2)6-7-3-4-8-6;1-4(2)5-7-6-3-8-5;1-4(2)5-6-3-7-8-5;1-4(2)5-7-6-3-8-5;1-4(2)8-3-5-6-7-8/h2*3-5H,1-2H3,(H,7,8);5*3-5H,1-2H3;4*3-4H,1-2H3. The molecule has 0 aliphatic rings. The number of hydrogen-bond donors (Lipinski definition) is 2. The maximum absolute atomic E-state index is 4.98. The van der Waals surface area contributed by atoms with Gasteiger partial charge in [-0.15, -0.1) is 48.2 Å². The summed E-state index contributed by atoms with van der Waals surface area (Å²) in [5.74, 6) is 8.88. The number of aromatic nitrogens is 19. The smallest absolute Gasteiger partial charge is 0.228 e. The van der Waals surface area contributed by atoms with E-state index in [1.54, 1.807) is 76.5 Å². The van der Waals surface area contributed by atoms with Crippen molar-refractivity contribution in [3.63, 3.8) is 0 Å². The zero-order valence-corrected chi connectivity index (χ0v) is 57.2. The molecule has 0 aromatic carbocycles. The van der Waals surface area contributed by atoms with Crippen molar-refractivity contribution < 1.29 is 26.8 Å². The summed E-state index contributed by atoms with van der Waals surface area (Å²) in [6.07, 6.45) is 21.5. The Labute approximate surface area is 527 Å². The van der Waals surface area contributed by atoms with Crippen molar-refractivity contribution in [2.75, 3.05) is 0 Å². The van der Waals surface area contributed by atoms with Gasteiger partial charge in [0.1, 0.15) is 40.9 Å². The van der Waals surface area contributed by atoms with Gasteiger partial charge < -0.3 is 26.8 Å². The van der Waals surface area contributed by atoms with E-state index >= 15 is 0 Å². The average molecular weight is 1260 g/mol. The fourth-order valence-electron chi connectivity index (χ4n) is 5.47. The first kappa shape index (κ1) is 77.8. The summed E-state index contributed by atoms with van der Waals surface area (Å²) >= 11 is 3.33. The number of nitrogens with one attached hydrogen (secondary N) is 2. The van der Waals surface area contributed by atoms with Crippen LogP contribution in [0.3, 0.4) is 0 Å². The molecule has 0 aliphatic carbocycles. The number of aromatic amines is 2. The lowest BCUT2D eigenvalue weighted by atomic mass is 10.1. The van der Waals surface area contributed by atoms with Crippen LogP contribution in [0, 0.1) is 0 Å². The molecule has 27 heteroatoms. The fraction of sp³-hybridized carbons (Fsp3) is 0.541. The van der Waals surface area contributed by atoms with Crippen molar-refractivity contribution in [2.45, 2.75) is 218 Å². The highest BCUT2D eigenvalue weighted by Gasteiger charge is 2.06. The van der Waals surface area contributed by atoms with Crippen LogP contribution in [0.4, 0.5) is 0 Å². The molecule has 25 nitrogen and oxygen atoms in total. The Balaban J connectivity index is 0.000000484. The highest BCUT2D eigenvalue weighted by atomic mass is 32.1. The molecule has 0 spiro atoms. The van der Waals surface area contributed by atoms with E-state index in [4.69, 9.17) is 22.3 Å². The monoisotopic (exact) mass is 1260 g/mol. The van der Waals surface area contributed by atoms with Crippen LogP contribution in [0.5, 0.6) is 0 Å². The molecule has 11 aromatic rings. The lowest BCUT2D eigenvalue weighted by Gasteiger charge is -1.98. The number of oxazole rings is 2. The van der Waals surface area contributed by atoms with E-state index in [0.717, 1.165) is 28.1 Å². The molecule has 0 radical (unpaired) electrons. The number of hydrogen-bond acceptors (Lipinski definition) is 24. The van der Waals surface area contributed by atoms with Gasteiger partial charge in [-0.1, -0.05) is 154 Å². The Morgan fingerprint density at radius 2 is 1.20 bits per heavy atom. The summed E-state index contributed by atoms with van der Waals surface area (Å²) in [5.41, 5.74) is 5.25. The van der Waals surface area contributed by atoms with Gasteiger partial charge in [0.05, 0.1) is 35.5 Å². The second kappa shape index (κ2) is 46.0. The van der Waals surface area contributed by atoms with Crippen LogP contribution in [-0.4, -0.2) is 96.4 Å². The SMILES string of the molecule is CC(C)c1ccn[nH]1.CC(C)c1ccno1.CC(C)c1ccon1.CC(C)c1cn[nH]c1.CC(C)c1cnco1.CC(C)c1ncco1.CC(C)c1nccs1.CC(C)c1ncno1.CC(C)c1nnco1.CC(C)c1nncs1.CC(C)n1cnnn1. The average Bonchev–Trinajstić information content (AvgIpc) is 4.34. The van der Waals surface area contributed by atoms with Gasteiger partial charge in [0.25, 0.3) is 0 Å². The third-order valence-corrected chi connectivity index (χ3v) is 12.9. The predicted molar refractivity (Wildman–Crippen MR) is 343 cm³/mol. The zero-order valence-electron chi connectivity index (χ0n) is 55.6. The largest absolute Gasteiger partial charge is 0.449 e. The van der Waals surface area contributed by atoms with Gasteiger partial charge in [-0.05, 0) is 53.7 Å². The number of thiazole rings is 1. The first-order valence-electron chi connectivity index (χ1n) is 29.3. The predicted octanol–water partition coefficient (Wildman–Crippen LogP) is 16.8. The van der Waals surface area contributed by atoms with Gasteiger partial charge in [-0.25, -0.2) is 19.6 Å². The molecule has 0 aliphatic heterocycles. The minimum Gasteiger partial charge on any atom is -0.449 e. The highest BCUT2D eigenvalue weighted by molar-refractivity contribution is 7.09. The molecular weight excluding hydrogens is 1160 g/mol. The van der Waals surface area contributed by atoms with E-state index in [9.17, 15) is 0 Å². The summed E-state index contributed by atoms with van der Waals surface area (Å²) in [5, 5.41) is 53.8. The fourth-order valence-corrected chi connectivity index (χ4v) is 6.69. The summed E-state index contributed by atoms with van der Waals surface area (Å²) in [6, 6.07) is 6.12. The van der Waals surface area contributed by atoms with Crippen molar-refractivity contribution in [1.82, 2.24) is 96.4 Å². The maximum Gasteiger partial charge on any atom is 0.228 e. The second-order valence-corrected chi connectivity index (χ2v) is 24.1. The zero-order chi connectivity index (χ0) is 65.8. The maximum atomic E-state index is 4.98. The topological polar surface area (TPSA) is 322 Å². The minimum absolute atomic E-state index is 0.345. The van der Waals surface area contributed by atoms with Crippen LogP contribution in [-0.2, 0) is 0 Å². The molecule has 0 unspecified atom stereocenters. The first-order chi connectivity index (χ1) is 41.8. The van der Waals surface area contributed by atoms with Gasteiger partial charge >= 0.3 is 0 Å². The van der Waals surface area contributed by atoms with Gasteiger partial charge in [0, 0.05) is 89.3 Å². The minimum atomic E-state index is 0.345. The molecule has 0 bridgehead atoms. The third kappa shape index (κ3) is 36.1. The van der Waals surface area contributed by atoms with Gasteiger partial charge in [-0.2, -0.15) is 15.2 Å².